The molecule has 0 atom stereocenters. The van der Waals surface area contributed by atoms with Crippen LogP contribution in [0.4, 0.5) is 9.18 Å². The summed E-state index contributed by atoms with van der Waals surface area (Å²) < 4.78 is 47.4. The largest absolute Gasteiger partial charge is 0.422 e. The molecule has 3 aromatic rings. The van der Waals surface area contributed by atoms with Gasteiger partial charge in [0, 0.05) is 37.5 Å². The SMILES string of the molecule is Cc1c(Cc2ccc(F)c(S(N)(=O)=O)c2)c(=O)oc2cc(OC(=O)N(C)C)ccc12. The number of primary sulfonamides is 1. The van der Waals surface area contributed by atoms with Crippen molar-refractivity contribution in [2.24, 2.45) is 5.14 Å². The summed E-state index contributed by atoms with van der Waals surface area (Å²) in [6, 6.07) is 8.10. The minimum atomic E-state index is -4.25. The van der Waals surface area contributed by atoms with Gasteiger partial charge in [0.2, 0.25) is 10.0 Å². The van der Waals surface area contributed by atoms with Crippen molar-refractivity contribution in [3.63, 3.8) is 0 Å². The van der Waals surface area contributed by atoms with E-state index in [-0.39, 0.29) is 23.3 Å². The number of ether oxygens (including phenoxy) is 1. The Balaban J connectivity index is 2.02. The van der Waals surface area contributed by atoms with Gasteiger partial charge in [-0.3, -0.25) is 0 Å². The minimum absolute atomic E-state index is 0.0181. The molecule has 0 fully saturated rings. The zero-order chi connectivity index (χ0) is 22.2. The summed E-state index contributed by atoms with van der Waals surface area (Å²) in [6.45, 7) is 1.71. The van der Waals surface area contributed by atoms with E-state index in [0.717, 1.165) is 12.1 Å². The Bertz CT molecular complexity index is 1310. The second kappa shape index (κ2) is 7.88. The molecule has 0 bridgehead atoms. The highest BCUT2D eigenvalue weighted by Gasteiger charge is 2.18. The summed E-state index contributed by atoms with van der Waals surface area (Å²) in [7, 11) is -1.17. The van der Waals surface area contributed by atoms with Crippen molar-refractivity contribution in [2.75, 3.05) is 14.1 Å². The normalized spacial score (nSPS) is 11.5. The van der Waals surface area contributed by atoms with Crippen molar-refractivity contribution < 1.29 is 26.8 Å². The average molecular weight is 434 g/mol. The molecule has 0 aliphatic rings. The van der Waals surface area contributed by atoms with Gasteiger partial charge in [-0.15, -0.1) is 0 Å². The lowest BCUT2D eigenvalue weighted by atomic mass is 9.99. The summed E-state index contributed by atoms with van der Waals surface area (Å²) in [5.41, 5.74) is 0.861. The summed E-state index contributed by atoms with van der Waals surface area (Å²) >= 11 is 0. The Morgan fingerprint density at radius 2 is 1.90 bits per heavy atom. The lowest BCUT2D eigenvalue weighted by Gasteiger charge is -2.12. The molecule has 1 aromatic heterocycles. The maximum absolute atomic E-state index is 13.8. The van der Waals surface area contributed by atoms with Crippen molar-refractivity contribution >= 4 is 27.1 Å². The average Bonchev–Trinajstić information content (AvgIpc) is 2.65. The number of hydrogen-bond acceptors (Lipinski definition) is 6. The van der Waals surface area contributed by atoms with Gasteiger partial charge in [-0.1, -0.05) is 6.07 Å². The number of sulfonamides is 1. The molecule has 2 N–H and O–H groups in total. The molecule has 0 spiro atoms. The highest BCUT2D eigenvalue weighted by Crippen LogP contribution is 2.26. The van der Waals surface area contributed by atoms with E-state index < -0.39 is 32.5 Å². The van der Waals surface area contributed by atoms with E-state index in [2.05, 4.69) is 0 Å². The van der Waals surface area contributed by atoms with Crippen molar-refractivity contribution in [3.05, 3.63) is 69.3 Å². The second-order valence-electron chi connectivity index (χ2n) is 6.90. The molecule has 0 saturated heterocycles. The predicted octanol–water partition coefficient (Wildman–Crippen LogP) is 2.54. The summed E-state index contributed by atoms with van der Waals surface area (Å²) in [5.74, 6) is -0.754. The molecule has 1 heterocycles. The van der Waals surface area contributed by atoms with Crippen LogP contribution in [-0.2, 0) is 16.4 Å². The Kier molecular flexibility index (Phi) is 5.64. The zero-order valence-electron chi connectivity index (χ0n) is 16.4. The highest BCUT2D eigenvalue weighted by atomic mass is 32.2. The predicted molar refractivity (Wildman–Crippen MR) is 108 cm³/mol. The summed E-state index contributed by atoms with van der Waals surface area (Å²) in [5, 5.41) is 5.65. The maximum Gasteiger partial charge on any atom is 0.414 e. The lowest BCUT2D eigenvalue weighted by molar-refractivity contribution is 0.172. The van der Waals surface area contributed by atoms with Crippen molar-refractivity contribution in [3.8, 4) is 5.75 Å². The number of nitrogens with zero attached hydrogens (tertiary/aromatic N) is 1. The van der Waals surface area contributed by atoms with Crippen LogP contribution in [0.1, 0.15) is 16.7 Å². The lowest BCUT2D eigenvalue weighted by Crippen LogP contribution is -2.25. The maximum atomic E-state index is 13.8. The number of halogens is 1. The third kappa shape index (κ3) is 4.34. The third-order valence-electron chi connectivity index (χ3n) is 4.51. The Labute approximate surface area is 171 Å². The van der Waals surface area contributed by atoms with E-state index in [4.69, 9.17) is 14.3 Å². The Hall–Kier alpha value is -3.24. The fourth-order valence-electron chi connectivity index (χ4n) is 2.91. The number of fused-ring (bicyclic) bond motifs is 1. The van der Waals surface area contributed by atoms with Gasteiger partial charge in [0.05, 0.1) is 0 Å². The standard InChI is InChI=1S/C20H19FN2O6S/c1-11-14-6-5-13(28-20(25)23(2)3)10-17(14)29-19(24)15(11)8-12-4-7-16(21)18(9-12)30(22,26)27/h4-7,9-10H,8H2,1-3H3,(H2,22,26,27). The zero-order valence-corrected chi connectivity index (χ0v) is 17.2. The van der Waals surface area contributed by atoms with E-state index in [1.807, 2.05) is 0 Å². The Morgan fingerprint density at radius 3 is 2.53 bits per heavy atom. The molecule has 0 aliphatic heterocycles. The van der Waals surface area contributed by atoms with E-state index in [0.29, 0.717) is 16.5 Å². The number of amides is 1. The van der Waals surface area contributed by atoms with E-state index >= 15 is 0 Å². The van der Waals surface area contributed by atoms with Gasteiger partial charge in [-0.2, -0.15) is 0 Å². The van der Waals surface area contributed by atoms with Crippen LogP contribution in [0.3, 0.4) is 0 Å². The first kappa shape index (κ1) is 21.5. The molecule has 30 heavy (non-hydrogen) atoms. The van der Waals surface area contributed by atoms with E-state index in [1.165, 1.54) is 31.1 Å². The highest BCUT2D eigenvalue weighted by molar-refractivity contribution is 7.89. The van der Waals surface area contributed by atoms with Gasteiger partial charge in [0.1, 0.15) is 22.0 Å². The summed E-state index contributed by atoms with van der Waals surface area (Å²) in [6.07, 6.45) is -0.559. The minimum Gasteiger partial charge on any atom is -0.422 e. The first-order chi connectivity index (χ1) is 14.0. The molecular formula is C20H19FN2O6S. The van der Waals surface area contributed by atoms with E-state index in [9.17, 15) is 22.4 Å². The first-order valence-electron chi connectivity index (χ1n) is 8.74. The van der Waals surface area contributed by atoms with Crippen LogP contribution in [0.25, 0.3) is 11.0 Å². The molecule has 0 aliphatic carbocycles. The number of aryl methyl sites for hydroxylation is 1. The molecule has 1 amide bonds. The molecule has 0 saturated carbocycles. The van der Waals surface area contributed by atoms with Crippen LogP contribution in [0.2, 0.25) is 0 Å². The number of carbonyl (C=O) groups is 1. The molecule has 2 aromatic carbocycles. The van der Waals surface area contributed by atoms with Crippen LogP contribution in [-0.4, -0.2) is 33.5 Å². The molecule has 0 radical (unpaired) electrons. The first-order valence-corrected chi connectivity index (χ1v) is 10.3. The number of rotatable bonds is 4. The van der Waals surface area contributed by atoms with Gasteiger partial charge >= 0.3 is 11.7 Å². The van der Waals surface area contributed by atoms with Gasteiger partial charge in [0.25, 0.3) is 0 Å². The molecule has 158 valence electrons. The number of hydrogen-bond donors (Lipinski definition) is 1. The molecule has 8 nitrogen and oxygen atoms in total. The fourth-order valence-corrected chi connectivity index (χ4v) is 3.57. The smallest absolute Gasteiger partial charge is 0.414 e. The number of benzene rings is 2. The van der Waals surface area contributed by atoms with Gasteiger partial charge in [0.15, 0.2) is 0 Å². The van der Waals surface area contributed by atoms with Crippen LogP contribution >= 0.6 is 0 Å². The van der Waals surface area contributed by atoms with Gasteiger partial charge < -0.3 is 14.1 Å². The van der Waals surface area contributed by atoms with Gasteiger partial charge in [-0.05, 0) is 42.3 Å². The van der Waals surface area contributed by atoms with Crippen LogP contribution in [0.15, 0.2) is 50.5 Å². The van der Waals surface area contributed by atoms with Crippen molar-refractivity contribution in [2.45, 2.75) is 18.2 Å². The van der Waals surface area contributed by atoms with Crippen LogP contribution in [0, 0.1) is 12.7 Å². The molecule has 3 rings (SSSR count). The van der Waals surface area contributed by atoms with E-state index in [1.54, 1.807) is 19.1 Å². The van der Waals surface area contributed by atoms with Crippen molar-refractivity contribution in [1.29, 1.82) is 0 Å². The fraction of sp³-hybridized carbons (Fsp3) is 0.200. The quantitative estimate of drug-likeness (QED) is 0.630. The van der Waals surface area contributed by atoms with Gasteiger partial charge in [-0.25, -0.2) is 27.5 Å². The van der Waals surface area contributed by atoms with Crippen molar-refractivity contribution in [1.82, 2.24) is 4.90 Å². The van der Waals surface area contributed by atoms with Crippen LogP contribution in [0.5, 0.6) is 5.75 Å². The molecule has 10 heteroatoms. The molecule has 0 unspecified atom stereocenters. The molecular weight excluding hydrogens is 415 g/mol. The monoisotopic (exact) mass is 434 g/mol. The number of carbonyl (C=O) groups excluding carboxylic acids is 1. The third-order valence-corrected chi connectivity index (χ3v) is 5.44. The summed E-state index contributed by atoms with van der Waals surface area (Å²) in [4.78, 5) is 24.9. The Morgan fingerprint density at radius 1 is 1.20 bits per heavy atom. The second-order valence-corrected chi connectivity index (χ2v) is 8.43. The van der Waals surface area contributed by atoms with Crippen LogP contribution < -0.4 is 15.5 Å². The number of nitrogens with two attached hydrogens (primary N) is 1. The topological polar surface area (TPSA) is 120 Å².